The zero-order valence-electron chi connectivity index (χ0n) is 17.2. The minimum Gasteiger partial charge on any atom is -0.497 e. The molecule has 5 nitrogen and oxygen atoms in total. The highest BCUT2D eigenvalue weighted by atomic mass is 32.2. The van der Waals surface area contributed by atoms with Crippen LogP contribution in [0.3, 0.4) is 0 Å². The van der Waals surface area contributed by atoms with E-state index in [1.807, 2.05) is 66.7 Å². The van der Waals surface area contributed by atoms with E-state index >= 15 is 0 Å². The smallest absolute Gasteiger partial charge is 0.283 e. The van der Waals surface area contributed by atoms with Crippen LogP contribution < -0.4 is 10.3 Å². The molecular weight excluding hydrogens is 406 g/mol. The summed E-state index contributed by atoms with van der Waals surface area (Å²) in [7, 11) is 1.62. The normalized spacial score (nSPS) is 12.3. The summed E-state index contributed by atoms with van der Waals surface area (Å²) in [6.07, 6.45) is 0. The van der Waals surface area contributed by atoms with Crippen LogP contribution in [-0.4, -0.2) is 21.6 Å². The second-order valence-corrected chi connectivity index (χ2v) is 8.61. The van der Waals surface area contributed by atoms with Crippen LogP contribution in [0.1, 0.15) is 17.7 Å². The summed E-state index contributed by atoms with van der Waals surface area (Å²) in [5.41, 5.74) is 3.87. The number of ether oxygens (including phenoxy) is 1. The fraction of sp³-hybridized carbons (Fsp3) is 0.120. The number of aromatic amines is 1. The number of hydrogen-bond donors (Lipinski definition) is 1. The first-order chi connectivity index (χ1) is 15.2. The number of hydrogen-bond acceptors (Lipinski definition) is 4. The van der Waals surface area contributed by atoms with Crippen molar-refractivity contribution < 1.29 is 4.74 Å². The van der Waals surface area contributed by atoms with Gasteiger partial charge in [-0.3, -0.25) is 9.36 Å². The van der Waals surface area contributed by atoms with Crippen molar-refractivity contribution in [3.63, 3.8) is 0 Å². The van der Waals surface area contributed by atoms with Crippen LogP contribution in [0.5, 0.6) is 5.75 Å². The molecule has 5 aromatic rings. The van der Waals surface area contributed by atoms with Gasteiger partial charge in [-0.05, 0) is 30.7 Å². The van der Waals surface area contributed by atoms with Gasteiger partial charge in [0.05, 0.1) is 12.8 Å². The fourth-order valence-corrected chi connectivity index (χ4v) is 4.80. The Balaban J connectivity index is 1.76. The topological polar surface area (TPSA) is 59.9 Å². The molecule has 0 aliphatic heterocycles. The first-order valence-corrected chi connectivity index (χ1v) is 10.9. The number of para-hydroxylation sites is 1. The Morgan fingerprint density at radius 1 is 1.00 bits per heavy atom. The molecule has 2 aromatic heterocycles. The van der Waals surface area contributed by atoms with Gasteiger partial charge in [0.1, 0.15) is 16.8 Å². The summed E-state index contributed by atoms with van der Waals surface area (Å²) < 4.78 is 7.06. The lowest BCUT2D eigenvalue weighted by atomic mass is 10.2. The molecule has 0 amide bonds. The second-order valence-electron chi connectivity index (χ2n) is 7.30. The van der Waals surface area contributed by atoms with E-state index in [2.05, 4.69) is 24.0 Å². The minimum absolute atomic E-state index is 0.118. The van der Waals surface area contributed by atoms with E-state index in [1.54, 1.807) is 23.4 Å². The van der Waals surface area contributed by atoms with Crippen molar-refractivity contribution in [3.05, 3.63) is 94.8 Å². The lowest BCUT2D eigenvalue weighted by molar-refractivity contribution is 0.414. The van der Waals surface area contributed by atoms with E-state index in [9.17, 15) is 4.79 Å². The number of thioether (sulfide) groups is 1. The molecule has 0 saturated heterocycles. The second kappa shape index (κ2) is 7.96. The summed E-state index contributed by atoms with van der Waals surface area (Å²) in [6, 6.07) is 25.6. The molecule has 0 fully saturated rings. The number of nitrogens with zero attached hydrogens (tertiary/aromatic N) is 2. The van der Waals surface area contributed by atoms with Gasteiger partial charge >= 0.3 is 0 Å². The van der Waals surface area contributed by atoms with Crippen molar-refractivity contribution in [2.75, 3.05) is 7.11 Å². The van der Waals surface area contributed by atoms with Gasteiger partial charge in [-0.25, -0.2) is 4.98 Å². The number of benzene rings is 3. The molecule has 0 saturated carbocycles. The van der Waals surface area contributed by atoms with Gasteiger partial charge in [-0.15, -0.1) is 0 Å². The van der Waals surface area contributed by atoms with Crippen molar-refractivity contribution in [1.29, 1.82) is 0 Å². The van der Waals surface area contributed by atoms with Gasteiger partial charge in [-0.1, -0.05) is 66.4 Å². The van der Waals surface area contributed by atoms with Gasteiger partial charge in [0.15, 0.2) is 5.16 Å². The van der Waals surface area contributed by atoms with Crippen molar-refractivity contribution in [2.45, 2.75) is 17.3 Å². The van der Waals surface area contributed by atoms with Crippen LogP contribution >= 0.6 is 11.8 Å². The summed E-state index contributed by atoms with van der Waals surface area (Å²) >= 11 is 1.57. The van der Waals surface area contributed by atoms with Crippen LogP contribution in [0.25, 0.3) is 27.6 Å². The molecular formula is C25H21N3O2S. The lowest BCUT2D eigenvalue weighted by Crippen LogP contribution is -2.22. The number of fused-ring (bicyclic) bond motifs is 3. The molecule has 5 rings (SSSR count). The predicted octanol–water partition coefficient (Wildman–Crippen LogP) is 5.73. The minimum atomic E-state index is -0.128. The molecule has 154 valence electrons. The molecule has 1 N–H and O–H groups in total. The summed E-state index contributed by atoms with van der Waals surface area (Å²) in [5.74, 6) is 0.688. The fourth-order valence-electron chi connectivity index (χ4n) is 3.75. The monoisotopic (exact) mass is 427 g/mol. The molecule has 0 aliphatic carbocycles. The van der Waals surface area contributed by atoms with E-state index in [4.69, 9.17) is 9.72 Å². The Bertz CT molecular complexity index is 1440. The first-order valence-electron chi connectivity index (χ1n) is 10.0. The third kappa shape index (κ3) is 3.49. The Hall–Kier alpha value is -3.51. The Labute approximate surface area is 183 Å². The number of nitrogens with one attached hydrogen (secondary N) is 1. The van der Waals surface area contributed by atoms with Crippen molar-refractivity contribution in [3.8, 4) is 11.4 Å². The Morgan fingerprint density at radius 3 is 2.58 bits per heavy atom. The summed E-state index contributed by atoms with van der Waals surface area (Å²) in [6.45, 7) is 2.13. The molecule has 1 atom stereocenters. The van der Waals surface area contributed by atoms with E-state index < -0.39 is 0 Å². The third-order valence-corrected chi connectivity index (χ3v) is 6.47. The van der Waals surface area contributed by atoms with Crippen molar-refractivity contribution in [1.82, 2.24) is 14.5 Å². The first kappa shape index (κ1) is 19.5. The zero-order valence-corrected chi connectivity index (χ0v) is 18.0. The summed E-state index contributed by atoms with van der Waals surface area (Å²) in [5, 5.41) is 1.71. The molecule has 0 spiro atoms. The van der Waals surface area contributed by atoms with Crippen LogP contribution in [0, 0.1) is 0 Å². The highest BCUT2D eigenvalue weighted by Crippen LogP contribution is 2.35. The lowest BCUT2D eigenvalue weighted by Gasteiger charge is -2.16. The molecule has 2 heterocycles. The Morgan fingerprint density at radius 2 is 1.77 bits per heavy atom. The number of H-pyrrole nitrogens is 1. The Kier molecular flexibility index (Phi) is 5.00. The maximum absolute atomic E-state index is 13.7. The maximum atomic E-state index is 13.7. The van der Waals surface area contributed by atoms with Crippen LogP contribution in [0.15, 0.2) is 88.8 Å². The largest absolute Gasteiger partial charge is 0.497 e. The van der Waals surface area contributed by atoms with Crippen molar-refractivity contribution >= 4 is 33.7 Å². The maximum Gasteiger partial charge on any atom is 0.283 e. The highest BCUT2D eigenvalue weighted by Gasteiger charge is 2.19. The van der Waals surface area contributed by atoms with E-state index in [0.29, 0.717) is 21.9 Å². The standard InChI is InChI=1S/C25H21N3O2S/c1-16(17-9-4-3-5-10-17)31-25-27-22-20-13-6-7-14-21(20)26-23(22)24(29)28(25)18-11-8-12-19(15-18)30-2/h3-16,26H,1-2H3. The van der Waals surface area contributed by atoms with Crippen LogP contribution in [0.4, 0.5) is 0 Å². The quantitative estimate of drug-likeness (QED) is 0.287. The molecule has 0 radical (unpaired) electrons. The molecule has 31 heavy (non-hydrogen) atoms. The number of rotatable bonds is 5. The molecule has 0 bridgehead atoms. The molecule has 6 heteroatoms. The van der Waals surface area contributed by atoms with Gasteiger partial charge < -0.3 is 9.72 Å². The zero-order chi connectivity index (χ0) is 21.4. The number of aromatic nitrogens is 3. The van der Waals surface area contributed by atoms with E-state index in [1.165, 1.54) is 5.56 Å². The summed E-state index contributed by atoms with van der Waals surface area (Å²) in [4.78, 5) is 21.9. The molecule has 3 aromatic carbocycles. The molecule has 0 aliphatic rings. The highest BCUT2D eigenvalue weighted by molar-refractivity contribution is 7.99. The molecule has 1 unspecified atom stereocenters. The van der Waals surface area contributed by atoms with Crippen LogP contribution in [0.2, 0.25) is 0 Å². The van der Waals surface area contributed by atoms with E-state index in [-0.39, 0.29) is 10.8 Å². The SMILES string of the molecule is COc1cccc(-n2c(SC(C)c3ccccc3)nc3c([nH]c4ccccc43)c2=O)c1. The van der Waals surface area contributed by atoms with Crippen molar-refractivity contribution in [2.24, 2.45) is 0 Å². The average Bonchev–Trinajstić information content (AvgIpc) is 3.19. The van der Waals surface area contributed by atoms with Gasteiger partial charge in [0.25, 0.3) is 5.56 Å². The van der Waals surface area contributed by atoms with Gasteiger partial charge in [0.2, 0.25) is 0 Å². The van der Waals surface area contributed by atoms with Crippen LogP contribution in [-0.2, 0) is 0 Å². The predicted molar refractivity (Wildman–Crippen MR) is 126 cm³/mol. The average molecular weight is 428 g/mol. The van der Waals surface area contributed by atoms with Gasteiger partial charge in [0, 0.05) is 22.2 Å². The van der Waals surface area contributed by atoms with E-state index in [0.717, 1.165) is 16.6 Å². The number of methoxy groups -OCH3 is 1. The third-order valence-electron chi connectivity index (χ3n) is 5.36. The van der Waals surface area contributed by atoms with Gasteiger partial charge in [-0.2, -0.15) is 0 Å².